The number of rotatable bonds is 6. The molecule has 4 N–H and O–H groups in total. The third-order valence-electron chi connectivity index (χ3n) is 4.11. The van der Waals surface area contributed by atoms with E-state index in [9.17, 15) is 35.9 Å². The van der Waals surface area contributed by atoms with E-state index in [2.05, 4.69) is 20.9 Å². The number of benzene rings is 1. The summed E-state index contributed by atoms with van der Waals surface area (Å²) in [7, 11) is 0. The van der Waals surface area contributed by atoms with E-state index in [1.165, 1.54) is 30.5 Å². The predicted octanol–water partition coefficient (Wildman–Crippen LogP) is 5.48. The smallest absolute Gasteiger partial charge is 0.418 e. The Bertz CT molecular complexity index is 995. The Balaban J connectivity index is 0.000000310. The highest BCUT2D eigenvalue weighted by Gasteiger charge is 2.34. The third-order valence-corrected chi connectivity index (χ3v) is 4.35. The zero-order valence-electron chi connectivity index (χ0n) is 17.2. The molecule has 2 amide bonds. The number of amides is 2. The Hall–Kier alpha value is -3.22. The minimum Gasteiger partial charge on any atom is -0.465 e. The van der Waals surface area contributed by atoms with Crippen LogP contribution in [0.4, 0.5) is 42.5 Å². The van der Waals surface area contributed by atoms with Gasteiger partial charge in [0.1, 0.15) is 6.42 Å². The van der Waals surface area contributed by atoms with E-state index in [0.29, 0.717) is 11.4 Å². The zero-order chi connectivity index (χ0) is 25.5. The van der Waals surface area contributed by atoms with Gasteiger partial charge in [-0.2, -0.15) is 26.3 Å². The van der Waals surface area contributed by atoms with Crippen molar-refractivity contribution >= 4 is 35.0 Å². The van der Waals surface area contributed by atoms with E-state index < -0.39 is 36.3 Å². The van der Waals surface area contributed by atoms with Crippen LogP contribution in [-0.2, 0) is 17.5 Å². The van der Waals surface area contributed by atoms with Gasteiger partial charge in [0, 0.05) is 11.1 Å². The molecule has 1 heterocycles. The predicted molar refractivity (Wildman–Crippen MR) is 111 cm³/mol. The number of hydrogen-bond donors (Lipinski definition) is 4. The minimum absolute atomic E-state index is 0.00432. The molecule has 14 heteroatoms. The highest BCUT2D eigenvalue weighted by molar-refractivity contribution is 6.30. The summed E-state index contributed by atoms with van der Waals surface area (Å²) in [6.45, 7) is 0.00432. The standard InChI is InChI=1S/C14H11ClF3N3O2.C6H8F3NO/c15-8-1-4-12(11(5-8)14(16,17)18)21-10-3-2-9(19-7-10)6-20-13(22)23;7-6(8,9)3-5(11)10-4-1-2-4/h1-5,7,20-21H,6H2,(H,22,23);4H,1-3H2,(H,10,11). The van der Waals surface area contributed by atoms with Crippen LogP contribution in [0.1, 0.15) is 30.5 Å². The number of carboxylic acid groups (broad SMARTS) is 1. The van der Waals surface area contributed by atoms with Crippen LogP contribution >= 0.6 is 11.6 Å². The summed E-state index contributed by atoms with van der Waals surface area (Å²) in [4.78, 5) is 24.8. The summed E-state index contributed by atoms with van der Waals surface area (Å²) < 4.78 is 73.5. The lowest BCUT2D eigenvalue weighted by Gasteiger charge is -2.15. The number of carbonyl (C=O) groups is 2. The maximum absolute atomic E-state index is 13.0. The second kappa shape index (κ2) is 11.3. The average molecular weight is 513 g/mol. The number of hydrogen-bond acceptors (Lipinski definition) is 4. The summed E-state index contributed by atoms with van der Waals surface area (Å²) >= 11 is 5.61. The number of alkyl halides is 6. The molecule has 0 spiro atoms. The Kier molecular flexibility index (Phi) is 8.96. The summed E-state index contributed by atoms with van der Waals surface area (Å²) in [6, 6.07) is 6.41. The summed E-state index contributed by atoms with van der Waals surface area (Å²) in [5.74, 6) is -0.917. The monoisotopic (exact) mass is 512 g/mol. The molecule has 0 aliphatic heterocycles. The SMILES string of the molecule is O=C(CC(F)(F)F)NC1CC1.O=C(O)NCc1ccc(Nc2ccc(Cl)cc2C(F)(F)F)cn1. The maximum Gasteiger partial charge on any atom is 0.418 e. The fourth-order valence-electron chi connectivity index (χ4n) is 2.47. The van der Waals surface area contributed by atoms with Gasteiger partial charge in [-0.25, -0.2) is 4.79 Å². The van der Waals surface area contributed by atoms with Gasteiger partial charge in [0.25, 0.3) is 0 Å². The van der Waals surface area contributed by atoms with E-state index in [-0.39, 0.29) is 23.3 Å². The molecule has 0 radical (unpaired) electrons. The Labute approximate surface area is 194 Å². The van der Waals surface area contributed by atoms with E-state index >= 15 is 0 Å². The van der Waals surface area contributed by atoms with Crippen molar-refractivity contribution in [3.63, 3.8) is 0 Å². The normalized spacial score (nSPS) is 13.4. The summed E-state index contributed by atoms with van der Waals surface area (Å²) in [5.41, 5.74) is -0.274. The van der Waals surface area contributed by atoms with E-state index in [1.807, 2.05) is 0 Å². The lowest BCUT2D eigenvalue weighted by atomic mass is 10.1. The van der Waals surface area contributed by atoms with Crippen LogP contribution in [0.2, 0.25) is 5.02 Å². The van der Waals surface area contributed by atoms with Gasteiger partial charge in [0.05, 0.1) is 35.4 Å². The van der Waals surface area contributed by atoms with Gasteiger partial charge in [-0.15, -0.1) is 0 Å². The molecule has 0 saturated heterocycles. The molecule has 1 aromatic heterocycles. The number of pyridine rings is 1. The minimum atomic E-state index is -4.55. The molecule has 0 bridgehead atoms. The molecule has 7 nitrogen and oxygen atoms in total. The molecule has 1 fully saturated rings. The molecular formula is C20H19ClF6N4O3. The molecule has 186 valence electrons. The van der Waals surface area contributed by atoms with Crippen molar-refractivity contribution < 1.29 is 41.0 Å². The summed E-state index contributed by atoms with van der Waals surface area (Å²) in [5, 5.41) is 15.5. The van der Waals surface area contributed by atoms with Gasteiger partial charge in [-0.3, -0.25) is 9.78 Å². The number of aromatic nitrogens is 1. The second-order valence-corrected chi connectivity index (χ2v) is 7.58. The number of nitrogens with zero attached hydrogens (tertiary/aromatic N) is 1. The molecule has 2 aromatic rings. The molecule has 1 aliphatic carbocycles. The van der Waals surface area contributed by atoms with Crippen LogP contribution in [-0.4, -0.2) is 34.3 Å². The number of anilines is 2. The molecule has 0 unspecified atom stereocenters. The molecule has 1 saturated carbocycles. The fraction of sp³-hybridized carbons (Fsp3) is 0.350. The topological polar surface area (TPSA) is 103 Å². The van der Waals surface area contributed by atoms with Crippen LogP contribution in [0.5, 0.6) is 0 Å². The molecule has 1 aliphatic rings. The van der Waals surface area contributed by atoms with Crippen molar-refractivity contribution in [2.45, 2.75) is 44.2 Å². The van der Waals surface area contributed by atoms with E-state index in [0.717, 1.165) is 18.9 Å². The Morgan fingerprint density at radius 2 is 1.76 bits per heavy atom. The lowest BCUT2D eigenvalue weighted by Crippen LogP contribution is -2.29. The molecule has 0 atom stereocenters. The van der Waals surface area contributed by atoms with Crippen LogP contribution in [0.3, 0.4) is 0 Å². The highest BCUT2D eigenvalue weighted by Crippen LogP contribution is 2.37. The second-order valence-electron chi connectivity index (χ2n) is 7.14. The van der Waals surface area contributed by atoms with E-state index in [4.69, 9.17) is 16.7 Å². The van der Waals surface area contributed by atoms with E-state index in [1.54, 1.807) is 0 Å². The van der Waals surface area contributed by atoms with Gasteiger partial charge < -0.3 is 21.1 Å². The van der Waals surface area contributed by atoms with Crippen molar-refractivity contribution in [3.8, 4) is 0 Å². The van der Waals surface area contributed by atoms with Crippen molar-refractivity contribution in [1.82, 2.24) is 15.6 Å². The number of carbonyl (C=O) groups excluding carboxylic acids is 1. The van der Waals surface area contributed by atoms with Crippen LogP contribution < -0.4 is 16.0 Å². The Morgan fingerprint density at radius 1 is 1.09 bits per heavy atom. The van der Waals surface area contributed by atoms with Gasteiger partial charge in [-0.1, -0.05) is 11.6 Å². The van der Waals surface area contributed by atoms with Crippen molar-refractivity contribution in [2.75, 3.05) is 5.32 Å². The van der Waals surface area contributed by atoms with Gasteiger partial charge in [-0.05, 0) is 43.2 Å². The average Bonchev–Trinajstić information content (AvgIpc) is 3.51. The quantitative estimate of drug-likeness (QED) is 0.384. The van der Waals surface area contributed by atoms with Crippen molar-refractivity contribution in [1.29, 1.82) is 0 Å². The summed E-state index contributed by atoms with van der Waals surface area (Å²) in [6.07, 6.45) is -8.54. The number of halogens is 7. The van der Waals surface area contributed by atoms with Gasteiger partial charge in [0.2, 0.25) is 5.91 Å². The van der Waals surface area contributed by atoms with Crippen LogP contribution in [0.25, 0.3) is 0 Å². The first-order valence-electron chi connectivity index (χ1n) is 9.64. The molecular weight excluding hydrogens is 494 g/mol. The largest absolute Gasteiger partial charge is 0.465 e. The van der Waals surface area contributed by atoms with Crippen molar-refractivity contribution in [3.05, 3.63) is 52.8 Å². The molecule has 1 aromatic carbocycles. The van der Waals surface area contributed by atoms with Gasteiger partial charge >= 0.3 is 18.4 Å². The first-order chi connectivity index (χ1) is 15.7. The van der Waals surface area contributed by atoms with Crippen molar-refractivity contribution in [2.24, 2.45) is 0 Å². The van der Waals surface area contributed by atoms with Crippen LogP contribution in [0, 0.1) is 0 Å². The fourth-order valence-corrected chi connectivity index (χ4v) is 2.65. The first kappa shape index (κ1) is 27.0. The van der Waals surface area contributed by atoms with Crippen LogP contribution in [0.15, 0.2) is 36.5 Å². The zero-order valence-corrected chi connectivity index (χ0v) is 18.0. The maximum atomic E-state index is 13.0. The third kappa shape index (κ3) is 10.1. The number of nitrogens with one attached hydrogen (secondary N) is 3. The molecule has 34 heavy (non-hydrogen) atoms. The highest BCUT2D eigenvalue weighted by atomic mass is 35.5. The first-order valence-corrected chi connectivity index (χ1v) is 10.0. The van der Waals surface area contributed by atoms with Gasteiger partial charge in [0.15, 0.2) is 0 Å². The molecule has 3 rings (SSSR count). The Morgan fingerprint density at radius 3 is 2.26 bits per heavy atom. The lowest BCUT2D eigenvalue weighted by molar-refractivity contribution is -0.153.